The number of anilines is 2. The lowest BCUT2D eigenvalue weighted by Crippen LogP contribution is -2.51. The molecule has 2 aliphatic rings. The van der Waals surface area contributed by atoms with E-state index in [4.69, 9.17) is 17.3 Å². The molecule has 4 rings (SSSR count). The van der Waals surface area contributed by atoms with Gasteiger partial charge in [0, 0.05) is 5.02 Å². The minimum absolute atomic E-state index is 0.00731. The van der Waals surface area contributed by atoms with Gasteiger partial charge in [0.05, 0.1) is 21.8 Å². The minimum Gasteiger partial charge on any atom is -0.506 e. The Kier molecular flexibility index (Phi) is 4.52. The maximum Gasteiger partial charge on any atom is 0.261 e. The number of amides is 1. The van der Waals surface area contributed by atoms with Gasteiger partial charge in [0.2, 0.25) is 5.91 Å². The van der Waals surface area contributed by atoms with Crippen LogP contribution in [-0.4, -0.2) is 25.0 Å². The number of sulfonamides is 1. The minimum atomic E-state index is -3.94. The molecule has 0 spiro atoms. The zero-order valence-corrected chi connectivity index (χ0v) is 16.4. The van der Waals surface area contributed by atoms with Gasteiger partial charge in [0.15, 0.2) is 0 Å². The largest absolute Gasteiger partial charge is 0.506 e. The Hall–Kier alpha value is -2.29. The van der Waals surface area contributed by atoms with Gasteiger partial charge in [-0.3, -0.25) is 9.52 Å². The second kappa shape index (κ2) is 6.65. The lowest BCUT2D eigenvalue weighted by atomic mass is 9.93. The smallest absolute Gasteiger partial charge is 0.261 e. The first-order chi connectivity index (χ1) is 13.2. The summed E-state index contributed by atoms with van der Waals surface area (Å²) in [5.41, 5.74) is 5.63. The van der Waals surface area contributed by atoms with E-state index < -0.39 is 21.5 Å². The van der Waals surface area contributed by atoms with Crippen molar-refractivity contribution in [3.8, 4) is 5.75 Å². The van der Waals surface area contributed by atoms with Crippen molar-refractivity contribution in [2.24, 2.45) is 17.6 Å². The first-order valence-electron chi connectivity index (χ1n) is 8.91. The Morgan fingerprint density at radius 2 is 2.04 bits per heavy atom. The molecule has 3 atom stereocenters. The van der Waals surface area contributed by atoms with Crippen molar-refractivity contribution < 1.29 is 18.3 Å². The van der Waals surface area contributed by atoms with Gasteiger partial charge in [-0.05, 0) is 67.5 Å². The highest BCUT2D eigenvalue weighted by Crippen LogP contribution is 2.56. The summed E-state index contributed by atoms with van der Waals surface area (Å²) < 4.78 is 27.8. The van der Waals surface area contributed by atoms with Crippen molar-refractivity contribution in [3.05, 3.63) is 47.5 Å². The van der Waals surface area contributed by atoms with Gasteiger partial charge in [-0.2, -0.15) is 0 Å². The molecule has 2 aromatic rings. The molecule has 0 saturated heterocycles. The second-order valence-electron chi connectivity index (χ2n) is 7.43. The Morgan fingerprint density at radius 3 is 2.68 bits per heavy atom. The van der Waals surface area contributed by atoms with Crippen LogP contribution < -0.4 is 15.8 Å². The molecular weight excluding hydrogens is 402 g/mol. The van der Waals surface area contributed by atoms with Crippen LogP contribution in [0.1, 0.15) is 19.3 Å². The van der Waals surface area contributed by atoms with Crippen LogP contribution in [0.25, 0.3) is 0 Å². The number of phenols is 1. The van der Waals surface area contributed by atoms with E-state index in [9.17, 15) is 18.3 Å². The molecule has 28 heavy (non-hydrogen) atoms. The number of halogens is 1. The van der Waals surface area contributed by atoms with Gasteiger partial charge >= 0.3 is 0 Å². The molecule has 0 bridgehead atoms. The summed E-state index contributed by atoms with van der Waals surface area (Å²) in [6, 6.07) is 9.98. The summed E-state index contributed by atoms with van der Waals surface area (Å²) >= 11 is 5.89. The third-order valence-electron chi connectivity index (χ3n) is 5.54. The average Bonchev–Trinajstić information content (AvgIpc) is 3.34. The van der Waals surface area contributed by atoms with E-state index in [-0.39, 0.29) is 22.3 Å². The number of fused-ring (bicyclic) bond motifs is 1. The normalized spacial score (nSPS) is 25.8. The van der Waals surface area contributed by atoms with Crippen LogP contribution in [0.4, 0.5) is 11.4 Å². The summed E-state index contributed by atoms with van der Waals surface area (Å²) in [6.45, 7) is 0. The van der Waals surface area contributed by atoms with Crippen molar-refractivity contribution in [2.75, 3.05) is 10.0 Å². The molecule has 1 amide bonds. The summed E-state index contributed by atoms with van der Waals surface area (Å²) in [5, 5.41) is 13.1. The molecule has 3 unspecified atom stereocenters. The number of benzene rings is 2. The van der Waals surface area contributed by atoms with E-state index in [1.165, 1.54) is 24.3 Å². The molecule has 9 heteroatoms. The zero-order chi connectivity index (χ0) is 20.1. The number of carbonyl (C=O) groups excluding carboxylic acids is 1. The van der Waals surface area contributed by atoms with Crippen LogP contribution in [0.5, 0.6) is 5.75 Å². The maximum absolute atomic E-state index is 12.7. The number of hydrogen-bond donors (Lipinski definition) is 4. The van der Waals surface area contributed by atoms with Gasteiger partial charge in [-0.1, -0.05) is 17.7 Å². The van der Waals surface area contributed by atoms with Crippen LogP contribution in [0.15, 0.2) is 47.4 Å². The number of carbonyl (C=O) groups is 1. The van der Waals surface area contributed by atoms with Crippen LogP contribution in [0, 0.1) is 11.8 Å². The number of rotatable bonds is 5. The van der Waals surface area contributed by atoms with Crippen molar-refractivity contribution in [1.82, 2.24) is 0 Å². The van der Waals surface area contributed by atoms with Crippen LogP contribution in [-0.2, 0) is 14.8 Å². The summed E-state index contributed by atoms with van der Waals surface area (Å²) in [7, 11) is -3.94. The number of phenolic OH excluding ortho intramolecular Hbond substituents is 1. The molecule has 2 saturated carbocycles. The third-order valence-corrected chi connectivity index (χ3v) is 7.15. The van der Waals surface area contributed by atoms with Gasteiger partial charge in [-0.25, -0.2) is 8.42 Å². The highest BCUT2D eigenvalue weighted by molar-refractivity contribution is 7.92. The highest BCUT2D eigenvalue weighted by Gasteiger charge is 2.59. The summed E-state index contributed by atoms with van der Waals surface area (Å²) in [4.78, 5) is 12.6. The topological polar surface area (TPSA) is 122 Å². The number of hydrogen-bond acceptors (Lipinski definition) is 5. The van der Waals surface area contributed by atoms with Crippen molar-refractivity contribution in [3.63, 3.8) is 0 Å². The van der Waals surface area contributed by atoms with Crippen molar-refractivity contribution in [1.29, 1.82) is 0 Å². The van der Waals surface area contributed by atoms with E-state index in [2.05, 4.69) is 10.0 Å². The second-order valence-corrected chi connectivity index (χ2v) is 9.55. The maximum atomic E-state index is 12.7. The average molecular weight is 422 g/mol. The van der Waals surface area contributed by atoms with Crippen LogP contribution in [0.2, 0.25) is 5.02 Å². The lowest BCUT2D eigenvalue weighted by molar-refractivity contribution is -0.121. The predicted molar refractivity (Wildman–Crippen MR) is 107 cm³/mol. The van der Waals surface area contributed by atoms with E-state index in [0.717, 1.165) is 12.8 Å². The number of aromatic hydroxyl groups is 1. The summed E-state index contributed by atoms with van der Waals surface area (Å²) in [5.74, 6) is 0.0261. The SMILES string of the molecule is NC1(C(=O)Nc2cc(S(=O)(=O)Nc3cccc(Cl)c3)ccc2O)CCC2CC21. The Balaban J connectivity index is 1.57. The van der Waals surface area contributed by atoms with Gasteiger partial charge < -0.3 is 16.2 Å². The molecular formula is C19H20ClN3O4S. The molecule has 2 fully saturated rings. The van der Waals surface area contributed by atoms with Crippen LogP contribution in [0.3, 0.4) is 0 Å². The predicted octanol–water partition coefficient (Wildman–Crippen LogP) is 2.91. The molecule has 148 valence electrons. The molecule has 0 radical (unpaired) electrons. The third kappa shape index (κ3) is 3.43. The van der Waals surface area contributed by atoms with Crippen LogP contribution >= 0.6 is 11.6 Å². The Bertz CT molecular complexity index is 1060. The summed E-state index contributed by atoms with van der Waals surface area (Å²) in [6.07, 6.45) is 2.44. The first kappa shape index (κ1) is 19.0. The fourth-order valence-electron chi connectivity index (χ4n) is 3.88. The van der Waals surface area contributed by atoms with E-state index in [1.807, 2.05) is 0 Å². The molecule has 2 aromatic carbocycles. The Labute approximate surface area is 167 Å². The number of nitrogens with one attached hydrogen (secondary N) is 2. The lowest BCUT2D eigenvalue weighted by Gasteiger charge is -2.25. The molecule has 0 aliphatic heterocycles. The van der Waals surface area contributed by atoms with Crippen molar-refractivity contribution >= 4 is 38.9 Å². The molecule has 0 aromatic heterocycles. The molecule has 0 heterocycles. The van der Waals surface area contributed by atoms with E-state index >= 15 is 0 Å². The fraction of sp³-hybridized carbons (Fsp3) is 0.316. The molecule has 2 aliphatic carbocycles. The fourth-order valence-corrected chi connectivity index (χ4v) is 5.14. The van der Waals surface area contributed by atoms with Gasteiger partial charge in [0.25, 0.3) is 10.0 Å². The molecule has 5 N–H and O–H groups in total. The van der Waals surface area contributed by atoms with E-state index in [1.54, 1.807) is 18.2 Å². The number of nitrogens with two attached hydrogens (primary N) is 1. The zero-order valence-electron chi connectivity index (χ0n) is 14.9. The standard InChI is InChI=1S/C19H20ClN3O4S/c20-12-2-1-3-13(9-12)23-28(26,27)14-4-5-17(24)16(10-14)22-18(25)19(21)7-6-11-8-15(11)19/h1-5,9-11,15,23-24H,6-8,21H2,(H,22,25). The van der Waals surface area contributed by atoms with Gasteiger partial charge in [0.1, 0.15) is 5.75 Å². The monoisotopic (exact) mass is 421 g/mol. The molecule has 7 nitrogen and oxygen atoms in total. The van der Waals surface area contributed by atoms with Crippen molar-refractivity contribution in [2.45, 2.75) is 29.7 Å². The van der Waals surface area contributed by atoms with Gasteiger partial charge in [-0.15, -0.1) is 0 Å². The highest BCUT2D eigenvalue weighted by atomic mass is 35.5. The van der Waals surface area contributed by atoms with E-state index in [0.29, 0.717) is 23.0 Å². The Morgan fingerprint density at radius 1 is 1.25 bits per heavy atom. The quantitative estimate of drug-likeness (QED) is 0.553. The first-order valence-corrected chi connectivity index (χ1v) is 10.8.